The number of hydrogen-bond acceptors (Lipinski definition) is 4. The van der Waals surface area contributed by atoms with Crippen LogP contribution in [-0.2, 0) is 17.8 Å². The van der Waals surface area contributed by atoms with E-state index in [2.05, 4.69) is 10.3 Å². The van der Waals surface area contributed by atoms with Crippen LogP contribution in [0.15, 0.2) is 40.9 Å². The van der Waals surface area contributed by atoms with Gasteiger partial charge in [0.1, 0.15) is 11.7 Å². The molecule has 2 aromatic rings. The third-order valence-corrected chi connectivity index (χ3v) is 2.84. The Kier molecular flexibility index (Phi) is 4.51. The van der Waals surface area contributed by atoms with Crippen molar-refractivity contribution >= 4 is 5.91 Å². The number of nitriles is 1. The first-order valence-electron chi connectivity index (χ1n) is 6.31. The minimum atomic E-state index is -0.714. The number of rotatable bonds is 5. The molecular formula is C15H15N3O2. The summed E-state index contributed by atoms with van der Waals surface area (Å²) < 4.78 is 5.26. The van der Waals surface area contributed by atoms with E-state index in [0.717, 1.165) is 5.56 Å². The van der Waals surface area contributed by atoms with Crippen molar-refractivity contribution in [3.63, 3.8) is 0 Å². The van der Waals surface area contributed by atoms with Gasteiger partial charge in [-0.1, -0.05) is 30.3 Å². The largest absolute Gasteiger partial charge is 0.444 e. The molecule has 0 aliphatic heterocycles. The lowest BCUT2D eigenvalue weighted by Gasteiger charge is -2.09. The SMILES string of the molecule is Cc1cnc(CNC(=O)C(C#N)Cc2ccccc2)o1. The molecule has 1 aromatic carbocycles. The first-order valence-corrected chi connectivity index (χ1v) is 6.31. The molecule has 1 heterocycles. The van der Waals surface area contributed by atoms with Crippen LogP contribution in [-0.4, -0.2) is 10.9 Å². The molecule has 5 heteroatoms. The lowest BCUT2D eigenvalue weighted by atomic mass is 10.00. The molecule has 2 rings (SSSR count). The fourth-order valence-electron chi connectivity index (χ4n) is 1.82. The van der Waals surface area contributed by atoms with Crippen LogP contribution in [0.2, 0.25) is 0 Å². The number of aromatic nitrogens is 1. The van der Waals surface area contributed by atoms with Crippen molar-refractivity contribution in [2.75, 3.05) is 0 Å². The first-order chi connectivity index (χ1) is 9.69. The second kappa shape index (κ2) is 6.53. The van der Waals surface area contributed by atoms with E-state index in [4.69, 9.17) is 9.68 Å². The monoisotopic (exact) mass is 269 g/mol. The highest BCUT2D eigenvalue weighted by Crippen LogP contribution is 2.09. The van der Waals surface area contributed by atoms with Gasteiger partial charge in [-0.25, -0.2) is 4.98 Å². The van der Waals surface area contributed by atoms with Crippen LogP contribution in [0, 0.1) is 24.2 Å². The van der Waals surface area contributed by atoms with Gasteiger partial charge in [-0.2, -0.15) is 5.26 Å². The molecule has 0 saturated heterocycles. The summed E-state index contributed by atoms with van der Waals surface area (Å²) in [5.41, 5.74) is 0.959. The van der Waals surface area contributed by atoms with Crippen LogP contribution in [0.4, 0.5) is 0 Å². The molecule has 0 aliphatic carbocycles. The minimum absolute atomic E-state index is 0.194. The van der Waals surface area contributed by atoms with Gasteiger partial charge in [0.15, 0.2) is 0 Å². The topological polar surface area (TPSA) is 78.9 Å². The standard InChI is InChI=1S/C15H15N3O2/c1-11-9-17-14(20-11)10-18-15(19)13(8-16)7-12-5-3-2-4-6-12/h2-6,9,13H,7,10H2,1H3,(H,18,19). The molecule has 0 saturated carbocycles. The molecular weight excluding hydrogens is 254 g/mol. The minimum Gasteiger partial charge on any atom is -0.444 e. The van der Waals surface area contributed by atoms with Crippen molar-refractivity contribution < 1.29 is 9.21 Å². The maximum atomic E-state index is 12.0. The van der Waals surface area contributed by atoms with E-state index < -0.39 is 5.92 Å². The lowest BCUT2D eigenvalue weighted by molar-refractivity contribution is -0.123. The molecule has 1 unspecified atom stereocenters. The molecule has 1 N–H and O–H groups in total. The van der Waals surface area contributed by atoms with Gasteiger partial charge in [-0.15, -0.1) is 0 Å². The molecule has 20 heavy (non-hydrogen) atoms. The van der Waals surface area contributed by atoms with E-state index in [-0.39, 0.29) is 12.5 Å². The molecule has 5 nitrogen and oxygen atoms in total. The normalized spacial score (nSPS) is 11.6. The van der Waals surface area contributed by atoms with Crippen molar-refractivity contribution in [2.24, 2.45) is 5.92 Å². The summed E-state index contributed by atoms with van der Waals surface area (Å²) in [6, 6.07) is 11.5. The van der Waals surface area contributed by atoms with Crippen molar-refractivity contribution in [3.05, 3.63) is 53.7 Å². The Labute approximate surface area is 117 Å². The Morgan fingerprint density at radius 3 is 2.80 bits per heavy atom. The van der Waals surface area contributed by atoms with Crippen molar-refractivity contribution in [3.8, 4) is 6.07 Å². The third-order valence-electron chi connectivity index (χ3n) is 2.84. The van der Waals surface area contributed by atoms with Crippen LogP contribution in [0.1, 0.15) is 17.2 Å². The summed E-state index contributed by atoms with van der Waals surface area (Å²) >= 11 is 0. The van der Waals surface area contributed by atoms with Crippen LogP contribution >= 0.6 is 0 Å². The van der Waals surface area contributed by atoms with E-state index in [1.165, 1.54) is 0 Å². The van der Waals surface area contributed by atoms with Gasteiger partial charge >= 0.3 is 0 Å². The second-order valence-electron chi connectivity index (χ2n) is 4.45. The van der Waals surface area contributed by atoms with Gasteiger partial charge < -0.3 is 9.73 Å². The molecule has 1 atom stereocenters. The Bertz CT molecular complexity index is 614. The average Bonchev–Trinajstić information content (AvgIpc) is 2.89. The number of oxazole rings is 1. The summed E-state index contributed by atoms with van der Waals surface area (Å²) in [4.78, 5) is 15.9. The molecule has 0 aliphatic rings. The Morgan fingerprint density at radius 1 is 1.45 bits per heavy atom. The zero-order valence-electron chi connectivity index (χ0n) is 11.2. The van der Waals surface area contributed by atoms with Gasteiger partial charge in [-0.3, -0.25) is 4.79 Å². The van der Waals surface area contributed by atoms with Crippen molar-refractivity contribution in [1.29, 1.82) is 5.26 Å². The zero-order chi connectivity index (χ0) is 14.4. The summed E-state index contributed by atoms with van der Waals surface area (Å²) in [7, 11) is 0. The Morgan fingerprint density at radius 2 is 2.20 bits per heavy atom. The number of carbonyl (C=O) groups excluding carboxylic acids is 1. The summed E-state index contributed by atoms with van der Waals surface area (Å²) in [6.45, 7) is 1.98. The Hall–Kier alpha value is -2.61. The maximum absolute atomic E-state index is 12.0. The van der Waals surface area contributed by atoms with Crippen molar-refractivity contribution in [2.45, 2.75) is 19.9 Å². The number of carbonyl (C=O) groups is 1. The predicted octanol–water partition coefficient (Wildman–Crippen LogP) is 1.98. The fraction of sp³-hybridized carbons (Fsp3) is 0.267. The molecule has 0 bridgehead atoms. The highest BCUT2D eigenvalue weighted by atomic mass is 16.4. The van der Waals surface area contributed by atoms with Crippen LogP contribution in [0.3, 0.4) is 0 Å². The molecule has 1 aromatic heterocycles. The smallest absolute Gasteiger partial charge is 0.238 e. The number of hydrogen-bond donors (Lipinski definition) is 1. The first kappa shape index (κ1) is 13.8. The predicted molar refractivity (Wildman–Crippen MR) is 72.3 cm³/mol. The summed E-state index contributed by atoms with van der Waals surface area (Å²) in [5, 5.41) is 11.8. The van der Waals surface area contributed by atoms with Gasteiger partial charge in [0.2, 0.25) is 11.8 Å². The number of nitrogens with zero attached hydrogens (tertiary/aromatic N) is 2. The van der Waals surface area contributed by atoms with Crippen LogP contribution in [0.5, 0.6) is 0 Å². The summed E-state index contributed by atoms with van der Waals surface area (Å²) in [6.07, 6.45) is 1.99. The van der Waals surface area contributed by atoms with Crippen LogP contribution < -0.4 is 5.32 Å². The number of aryl methyl sites for hydroxylation is 1. The van der Waals surface area contributed by atoms with E-state index in [1.54, 1.807) is 13.1 Å². The van der Waals surface area contributed by atoms with E-state index in [0.29, 0.717) is 18.1 Å². The summed E-state index contributed by atoms with van der Waals surface area (Å²) in [5.74, 6) is 0.100. The number of amides is 1. The van der Waals surface area contributed by atoms with Crippen LogP contribution in [0.25, 0.3) is 0 Å². The van der Waals surface area contributed by atoms with Gasteiger partial charge in [0.25, 0.3) is 0 Å². The lowest BCUT2D eigenvalue weighted by Crippen LogP contribution is -2.30. The van der Waals surface area contributed by atoms with E-state index in [1.807, 2.05) is 36.4 Å². The van der Waals surface area contributed by atoms with Gasteiger partial charge in [-0.05, 0) is 18.9 Å². The highest BCUT2D eigenvalue weighted by molar-refractivity contribution is 5.81. The molecule has 102 valence electrons. The molecule has 0 fully saturated rings. The quantitative estimate of drug-likeness (QED) is 0.900. The van der Waals surface area contributed by atoms with Gasteiger partial charge in [0.05, 0.1) is 18.8 Å². The van der Waals surface area contributed by atoms with Gasteiger partial charge in [0, 0.05) is 0 Å². The molecule has 1 amide bonds. The number of nitrogens with one attached hydrogen (secondary N) is 1. The van der Waals surface area contributed by atoms with Crippen molar-refractivity contribution in [1.82, 2.24) is 10.3 Å². The second-order valence-corrected chi connectivity index (χ2v) is 4.45. The Balaban J connectivity index is 1.91. The highest BCUT2D eigenvalue weighted by Gasteiger charge is 2.18. The molecule has 0 spiro atoms. The average molecular weight is 269 g/mol. The maximum Gasteiger partial charge on any atom is 0.238 e. The van der Waals surface area contributed by atoms with E-state index >= 15 is 0 Å². The zero-order valence-corrected chi connectivity index (χ0v) is 11.2. The van der Waals surface area contributed by atoms with E-state index in [9.17, 15) is 4.79 Å². The fourth-order valence-corrected chi connectivity index (χ4v) is 1.82. The number of benzene rings is 1. The molecule has 0 radical (unpaired) electrons. The third kappa shape index (κ3) is 3.69.